The molecule has 0 aliphatic carbocycles. The lowest BCUT2D eigenvalue weighted by Crippen LogP contribution is -2.21. The van der Waals surface area contributed by atoms with Crippen LogP contribution in [0.1, 0.15) is 10.5 Å². The number of carbonyl (C=O) groups is 2. The first-order valence-electron chi connectivity index (χ1n) is 7.00. The molecule has 0 atom stereocenters. The number of nitrogens with one attached hydrogen (secondary N) is 1. The fourth-order valence-corrected chi connectivity index (χ4v) is 2.01. The van der Waals surface area contributed by atoms with E-state index >= 15 is 0 Å². The molecule has 7 nitrogen and oxygen atoms in total. The Morgan fingerprint density at radius 2 is 1.96 bits per heavy atom. The lowest BCUT2D eigenvalue weighted by atomic mass is 10.2. The van der Waals surface area contributed by atoms with Gasteiger partial charge in [0.1, 0.15) is 18.9 Å². The number of nitrogens with zero attached hydrogens (tertiary/aromatic N) is 1. The molecule has 7 heteroatoms. The van der Waals surface area contributed by atoms with Crippen molar-refractivity contribution in [3.8, 4) is 11.5 Å². The van der Waals surface area contributed by atoms with Gasteiger partial charge in [0.2, 0.25) is 0 Å². The second-order valence-electron chi connectivity index (χ2n) is 4.70. The summed E-state index contributed by atoms with van der Waals surface area (Å²) in [6.45, 7) is 0.568. The number of anilines is 1. The third-order valence-corrected chi connectivity index (χ3v) is 3.03. The van der Waals surface area contributed by atoms with Crippen molar-refractivity contribution in [2.45, 2.75) is 0 Å². The smallest absolute Gasteiger partial charge is 0.357 e. The summed E-state index contributed by atoms with van der Waals surface area (Å²) in [7, 11) is 0. The summed E-state index contributed by atoms with van der Waals surface area (Å²) < 4.78 is 15.7. The van der Waals surface area contributed by atoms with Gasteiger partial charge in [0.05, 0.1) is 0 Å². The van der Waals surface area contributed by atoms with Crippen molar-refractivity contribution in [3.05, 3.63) is 48.3 Å². The van der Waals surface area contributed by atoms with Crippen LogP contribution in [0.2, 0.25) is 0 Å². The van der Waals surface area contributed by atoms with E-state index in [4.69, 9.17) is 14.2 Å². The number of ether oxygens (including phenoxy) is 3. The number of rotatable bonds is 4. The van der Waals surface area contributed by atoms with Crippen molar-refractivity contribution in [2.24, 2.45) is 0 Å². The number of hydrogen-bond donors (Lipinski definition) is 1. The van der Waals surface area contributed by atoms with Gasteiger partial charge in [-0.05, 0) is 24.3 Å². The zero-order chi connectivity index (χ0) is 16.1. The van der Waals surface area contributed by atoms with Crippen molar-refractivity contribution in [3.63, 3.8) is 0 Å². The average Bonchev–Trinajstić information content (AvgIpc) is 2.60. The van der Waals surface area contributed by atoms with Gasteiger partial charge >= 0.3 is 5.97 Å². The highest BCUT2D eigenvalue weighted by Gasteiger charge is 2.14. The average molecular weight is 314 g/mol. The van der Waals surface area contributed by atoms with Gasteiger partial charge in [-0.2, -0.15) is 0 Å². The predicted octanol–water partition coefficient (Wildman–Crippen LogP) is 1.65. The largest absolute Gasteiger partial charge is 0.486 e. The molecule has 0 saturated heterocycles. The van der Waals surface area contributed by atoms with Crippen LogP contribution in [-0.2, 0) is 9.53 Å². The minimum Gasteiger partial charge on any atom is -0.486 e. The molecule has 2 aromatic rings. The summed E-state index contributed by atoms with van der Waals surface area (Å²) in [4.78, 5) is 27.4. The molecule has 0 radical (unpaired) electrons. The fraction of sp³-hybridized carbons (Fsp3) is 0.188. The number of carbonyl (C=O) groups excluding carboxylic acids is 2. The van der Waals surface area contributed by atoms with Gasteiger partial charge in [-0.1, -0.05) is 6.07 Å². The van der Waals surface area contributed by atoms with Crippen LogP contribution in [0.3, 0.4) is 0 Å². The van der Waals surface area contributed by atoms with Gasteiger partial charge in [-0.25, -0.2) is 9.78 Å². The minimum absolute atomic E-state index is 0.152. The van der Waals surface area contributed by atoms with Gasteiger partial charge in [0.25, 0.3) is 5.91 Å². The molecule has 1 N–H and O–H groups in total. The molecule has 2 heterocycles. The van der Waals surface area contributed by atoms with E-state index in [-0.39, 0.29) is 5.69 Å². The molecular formula is C16H14N2O5. The Kier molecular flexibility index (Phi) is 4.37. The highest BCUT2D eigenvalue weighted by molar-refractivity contribution is 5.95. The second-order valence-corrected chi connectivity index (χ2v) is 4.70. The summed E-state index contributed by atoms with van der Waals surface area (Å²) >= 11 is 0. The molecule has 3 rings (SSSR count). The highest BCUT2D eigenvalue weighted by atomic mass is 16.6. The number of benzene rings is 1. The summed E-state index contributed by atoms with van der Waals surface area (Å²) in [5.74, 6) is 0.101. The van der Waals surface area contributed by atoms with Crippen LogP contribution < -0.4 is 14.8 Å². The van der Waals surface area contributed by atoms with Crippen LogP contribution in [-0.4, -0.2) is 36.7 Å². The Bertz CT molecular complexity index is 718. The third-order valence-electron chi connectivity index (χ3n) is 3.03. The molecule has 1 aliphatic rings. The van der Waals surface area contributed by atoms with E-state index in [1.165, 1.54) is 12.3 Å². The number of fused-ring (bicyclic) bond motifs is 1. The zero-order valence-electron chi connectivity index (χ0n) is 12.2. The number of esters is 1. The lowest BCUT2D eigenvalue weighted by Gasteiger charge is -2.18. The van der Waals surface area contributed by atoms with Crippen molar-refractivity contribution >= 4 is 17.6 Å². The zero-order valence-corrected chi connectivity index (χ0v) is 12.2. The Hall–Kier alpha value is -3.09. The van der Waals surface area contributed by atoms with E-state index in [1.54, 1.807) is 30.3 Å². The van der Waals surface area contributed by atoms with E-state index in [9.17, 15) is 9.59 Å². The van der Waals surface area contributed by atoms with E-state index in [1.807, 2.05) is 0 Å². The molecular weight excluding hydrogens is 300 g/mol. The van der Waals surface area contributed by atoms with Crippen molar-refractivity contribution in [1.29, 1.82) is 0 Å². The van der Waals surface area contributed by atoms with Crippen LogP contribution in [0.4, 0.5) is 5.69 Å². The first kappa shape index (κ1) is 14.8. The number of hydrogen-bond acceptors (Lipinski definition) is 6. The highest BCUT2D eigenvalue weighted by Crippen LogP contribution is 2.32. The summed E-state index contributed by atoms with van der Waals surface area (Å²) in [6, 6.07) is 9.92. The molecule has 0 unspecified atom stereocenters. The molecule has 1 amide bonds. The second kappa shape index (κ2) is 6.78. The Labute approximate surface area is 132 Å². The molecule has 0 saturated carbocycles. The maximum absolute atomic E-state index is 11.8. The van der Waals surface area contributed by atoms with Gasteiger partial charge < -0.3 is 19.5 Å². The maximum atomic E-state index is 11.8. The first-order chi connectivity index (χ1) is 11.2. The first-order valence-corrected chi connectivity index (χ1v) is 7.00. The van der Waals surface area contributed by atoms with E-state index < -0.39 is 18.5 Å². The van der Waals surface area contributed by atoms with Crippen LogP contribution in [0, 0.1) is 0 Å². The fourth-order valence-electron chi connectivity index (χ4n) is 2.01. The molecule has 0 spiro atoms. The van der Waals surface area contributed by atoms with Crippen LogP contribution in [0.25, 0.3) is 0 Å². The SMILES string of the molecule is O=C(COC(=O)c1ccccn1)Nc1ccc2c(c1)OCCO2. The topological polar surface area (TPSA) is 86.8 Å². The summed E-state index contributed by atoms with van der Waals surface area (Å²) in [5, 5.41) is 2.63. The van der Waals surface area contributed by atoms with Gasteiger partial charge in [-0.3, -0.25) is 4.79 Å². The third kappa shape index (κ3) is 3.76. The standard InChI is InChI=1S/C16H14N2O5/c19-15(10-23-16(20)12-3-1-2-6-17-12)18-11-4-5-13-14(9-11)22-8-7-21-13/h1-6,9H,7-8,10H2,(H,18,19). The van der Waals surface area contributed by atoms with E-state index in [2.05, 4.69) is 10.3 Å². The molecule has 118 valence electrons. The normalized spacial score (nSPS) is 12.3. The van der Waals surface area contributed by atoms with Crippen molar-refractivity contribution < 1.29 is 23.8 Å². The Balaban J connectivity index is 1.54. The summed E-state index contributed by atoms with van der Waals surface area (Å²) in [5.41, 5.74) is 0.688. The van der Waals surface area contributed by atoms with E-state index in [0.717, 1.165) is 0 Å². The quantitative estimate of drug-likeness (QED) is 0.864. The molecule has 23 heavy (non-hydrogen) atoms. The lowest BCUT2D eigenvalue weighted by molar-refractivity contribution is -0.119. The van der Waals surface area contributed by atoms with Gasteiger partial charge in [0.15, 0.2) is 18.1 Å². The minimum atomic E-state index is -0.650. The predicted molar refractivity (Wildman–Crippen MR) is 80.6 cm³/mol. The molecule has 0 fully saturated rings. The summed E-state index contributed by atoms with van der Waals surface area (Å²) in [6.07, 6.45) is 1.48. The van der Waals surface area contributed by atoms with Crippen LogP contribution >= 0.6 is 0 Å². The van der Waals surface area contributed by atoms with Gasteiger partial charge in [-0.15, -0.1) is 0 Å². The Morgan fingerprint density at radius 3 is 2.74 bits per heavy atom. The van der Waals surface area contributed by atoms with Crippen molar-refractivity contribution in [1.82, 2.24) is 4.98 Å². The molecule has 0 bridgehead atoms. The number of aromatic nitrogens is 1. The number of amides is 1. The van der Waals surface area contributed by atoms with Gasteiger partial charge in [0, 0.05) is 18.0 Å². The van der Waals surface area contributed by atoms with Crippen LogP contribution in [0.5, 0.6) is 11.5 Å². The van der Waals surface area contributed by atoms with Crippen molar-refractivity contribution in [2.75, 3.05) is 25.1 Å². The van der Waals surface area contributed by atoms with Crippen LogP contribution in [0.15, 0.2) is 42.6 Å². The Morgan fingerprint density at radius 1 is 1.13 bits per heavy atom. The molecule has 1 aromatic heterocycles. The van der Waals surface area contributed by atoms with E-state index in [0.29, 0.717) is 30.4 Å². The number of pyridine rings is 1. The monoisotopic (exact) mass is 314 g/mol. The molecule has 1 aromatic carbocycles. The molecule has 1 aliphatic heterocycles. The maximum Gasteiger partial charge on any atom is 0.357 e.